The van der Waals surface area contributed by atoms with Crippen molar-refractivity contribution in [3.05, 3.63) is 25.6 Å². The molecule has 1 aliphatic rings. The van der Waals surface area contributed by atoms with E-state index in [1.54, 1.807) is 6.92 Å². The van der Waals surface area contributed by atoms with Crippen LogP contribution in [-0.4, -0.2) is 44.8 Å². The van der Waals surface area contributed by atoms with E-state index in [9.17, 15) is 14.7 Å². The van der Waals surface area contributed by atoms with Crippen molar-refractivity contribution in [2.45, 2.75) is 13.3 Å². The summed E-state index contributed by atoms with van der Waals surface area (Å²) in [6.07, 6.45) is 0.958. The maximum Gasteiger partial charge on any atom is 0.335 e. The summed E-state index contributed by atoms with van der Waals surface area (Å²) in [6, 6.07) is -1.19. The summed E-state index contributed by atoms with van der Waals surface area (Å²) in [5, 5.41) is 9.62. The van der Waals surface area contributed by atoms with Crippen LogP contribution in [0.2, 0.25) is 0 Å². The zero-order valence-electron chi connectivity index (χ0n) is 8.46. The van der Waals surface area contributed by atoms with Gasteiger partial charge in [-0.2, -0.15) is 0 Å². The van der Waals surface area contributed by atoms with Gasteiger partial charge in [0.2, 0.25) is 6.35 Å². The highest BCUT2D eigenvalue weighted by molar-refractivity contribution is 5.96. The van der Waals surface area contributed by atoms with Crippen LogP contribution in [-0.2, 0) is 0 Å². The summed E-state index contributed by atoms with van der Waals surface area (Å²) in [4.78, 5) is 26.1. The maximum absolute atomic E-state index is 11.6. The molecule has 0 aromatic heterocycles. The highest BCUT2D eigenvalue weighted by Gasteiger charge is 2.40. The molecule has 1 rings (SSSR count). The summed E-state index contributed by atoms with van der Waals surface area (Å²) < 4.78 is 0. The zero-order valence-corrected chi connectivity index (χ0v) is 8.46. The number of amides is 4. The van der Waals surface area contributed by atoms with Crippen LogP contribution in [0, 0.1) is 0 Å². The van der Waals surface area contributed by atoms with E-state index in [2.05, 4.69) is 13.2 Å². The molecule has 1 N–H and O–H groups in total. The van der Waals surface area contributed by atoms with Crippen LogP contribution in [0.25, 0.3) is 0 Å². The molecule has 4 amide bonds. The number of rotatable bonds is 3. The number of nitrogens with zero attached hydrogens (tertiary/aromatic N) is 3. The molecule has 0 atom stereocenters. The van der Waals surface area contributed by atoms with Crippen molar-refractivity contribution in [1.82, 2.24) is 14.7 Å². The van der Waals surface area contributed by atoms with Crippen molar-refractivity contribution < 1.29 is 14.7 Å². The van der Waals surface area contributed by atoms with Crippen LogP contribution >= 0.6 is 0 Å². The molecule has 6 heteroatoms. The monoisotopic (exact) mass is 211 g/mol. The first-order valence-electron chi connectivity index (χ1n) is 4.43. The standard InChI is InChI=1S/C9H13N3O3/c1-4-10-7(13)11(5-2)9(15)12(6-3)8(10)14/h4-5,7,13H,1-2,6H2,3H3. The first-order valence-corrected chi connectivity index (χ1v) is 4.43. The fraction of sp³-hybridized carbons (Fsp3) is 0.333. The van der Waals surface area contributed by atoms with Crippen LogP contribution in [0.3, 0.4) is 0 Å². The lowest BCUT2D eigenvalue weighted by molar-refractivity contribution is -0.0527. The first kappa shape index (κ1) is 11.3. The fourth-order valence-electron chi connectivity index (χ4n) is 1.31. The van der Waals surface area contributed by atoms with Crippen molar-refractivity contribution in [3.8, 4) is 0 Å². The van der Waals surface area contributed by atoms with Gasteiger partial charge in [-0.25, -0.2) is 14.5 Å². The molecule has 0 aromatic rings. The lowest BCUT2D eigenvalue weighted by atomic mass is 10.4. The summed E-state index contributed by atoms with van der Waals surface area (Å²) in [6.45, 7) is 8.67. The summed E-state index contributed by atoms with van der Waals surface area (Å²) in [7, 11) is 0. The molecule has 0 unspecified atom stereocenters. The average molecular weight is 211 g/mol. The van der Waals surface area contributed by atoms with E-state index in [4.69, 9.17) is 0 Å². The number of carbonyl (C=O) groups is 2. The van der Waals surface area contributed by atoms with Gasteiger partial charge in [-0.15, -0.1) is 0 Å². The molecule has 0 spiro atoms. The highest BCUT2D eigenvalue weighted by Crippen LogP contribution is 2.17. The van der Waals surface area contributed by atoms with E-state index in [0.29, 0.717) is 0 Å². The number of hydrogen-bond donors (Lipinski definition) is 1. The molecule has 82 valence electrons. The van der Waals surface area contributed by atoms with Gasteiger partial charge in [0, 0.05) is 18.9 Å². The van der Waals surface area contributed by atoms with Crippen LogP contribution in [0.15, 0.2) is 25.6 Å². The van der Waals surface area contributed by atoms with Crippen LogP contribution in [0.5, 0.6) is 0 Å². The molecule has 1 saturated heterocycles. The van der Waals surface area contributed by atoms with E-state index in [0.717, 1.165) is 14.7 Å². The predicted octanol–water partition coefficient (Wildman–Crippen LogP) is 0.729. The number of imide groups is 1. The maximum atomic E-state index is 11.6. The molecule has 0 aliphatic carbocycles. The Morgan fingerprint density at radius 2 is 1.67 bits per heavy atom. The molecule has 0 saturated carbocycles. The summed E-state index contributed by atoms with van der Waals surface area (Å²) >= 11 is 0. The number of aliphatic hydroxyl groups excluding tert-OH is 1. The molecule has 1 aliphatic heterocycles. The SMILES string of the molecule is C=CN1C(=O)N(CC)C(=O)N(C=C)C1O. The van der Waals surface area contributed by atoms with Gasteiger partial charge in [-0.3, -0.25) is 9.80 Å². The minimum absolute atomic E-state index is 0.221. The lowest BCUT2D eigenvalue weighted by Crippen LogP contribution is -2.62. The predicted molar refractivity (Wildman–Crippen MR) is 53.3 cm³/mol. The van der Waals surface area contributed by atoms with Crippen LogP contribution in [0.1, 0.15) is 6.92 Å². The lowest BCUT2D eigenvalue weighted by Gasteiger charge is -2.41. The number of carbonyl (C=O) groups excluding carboxylic acids is 2. The largest absolute Gasteiger partial charge is 0.356 e. The first-order chi connectivity index (χ1) is 7.08. The van der Waals surface area contributed by atoms with Gasteiger partial charge in [-0.1, -0.05) is 13.2 Å². The van der Waals surface area contributed by atoms with E-state index in [1.165, 1.54) is 12.4 Å². The number of urea groups is 2. The Kier molecular flexibility index (Phi) is 3.11. The van der Waals surface area contributed by atoms with E-state index < -0.39 is 18.4 Å². The molecule has 1 heterocycles. The second kappa shape index (κ2) is 4.14. The van der Waals surface area contributed by atoms with Gasteiger partial charge >= 0.3 is 12.1 Å². The summed E-state index contributed by atoms with van der Waals surface area (Å²) in [5.41, 5.74) is 0. The Balaban J connectivity index is 3.08. The van der Waals surface area contributed by atoms with Gasteiger partial charge in [-0.05, 0) is 6.92 Å². The van der Waals surface area contributed by atoms with Crippen molar-refractivity contribution in [3.63, 3.8) is 0 Å². The minimum Gasteiger partial charge on any atom is -0.356 e. The van der Waals surface area contributed by atoms with Crippen molar-refractivity contribution in [2.75, 3.05) is 6.54 Å². The number of aliphatic hydroxyl groups is 1. The average Bonchev–Trinajstić information content (AvgIpc) is 2.19. The third-order valence-corrected chi connectivity index (χ3v) is 2.11. The van der Waals surface area contributed by atoms with Gasteiger partial charge in [0.1, 0.15) is 0 Å². The summed E-state index contributed by atoms with van der Waals surface area (Å²) in [5.74, 6) is 0. The van der Waals surface area contributed by atoms with Gasteiger partial charge in [0.15, 0.2) is 0 Å². The van der Waals surface area contributed by atoms with Crippen molar-refractivity contribution >= 4 is 12.1 Å². The van der Waals surface area contributed by atoms with Gasteiger partial charge in [0.25, 0.3) is 0 Å². The molecule has 6 nitrogen and oxygen atoms in total. The fourth-order valence-corrected chi connectivity index (χ4v) is 1.31. The third-order valence-electron chi connectivity index (χ3n) is 2.11. The Labute approximate surface area is 87.7 Å². The molecule has 15 heavy (non-hydrogen) atoms. The minimum atomic E-state index is -1.37. The Bertz CT molecular complexity index is 280. The topological polar surface area (TPSA) is 64.1 Å². The highest BCUT2D eigenvalue weighted by atomic mass is 16.3. The second-order valence-electron chi connectivity index (χ2n) is 2.84. The normalized spacial score (nSPS) is 18.4. The Morgan fingerprint density at radius 3 is 1.93 bits per heavy atom. The second-order valence-corrected chi connectivity index (χ2v) is 2.84. The van der Waals surface area contributed by atoms with Crippen LogP contribution < -0.4 is 0 Å². The van der Waals surface area contributed by atoms with Gasteiger partial charge < -0.3 is 5.11 Å². The van der Waals surface area contributed by atoms with Gasteiger partial charge in [0.05, 0.1) is 0 Å². The van der Waals surface area contributed by atoms with E-state index in [1.807, 2.05) is 0 Å². The Hall–Kier alpha value is -1.82. The Morgan fingerprint density at radius 1 is 1.27 bits per heavy atom. The quantitative estimate of drug-likeness (QED) is 0.748. The number of hydrogen-bond acceptors (Lipinski definition) is 3. The molecular formula is C9H13N3O3. The third kappa shape index (κ3) is 1.59. The molecule has 0 bridgehead atoms. The molecule has 0 aromatic carbocycles. The molecule has 1 fully saturated rings. The zero-order chi connectivity index (χ0) is 11.6. The molecule has 0 radical (unpaired) electrons. The van der Waals surface area contributed by atoms with E-state index in [-0.39, 0.29) is 6.54 Å². The molecular weight excluding hydrogens is 198 g/mol. The van der Waals surface area contributed by atoms with Crippen molar-refractivity contribution in [2.24, 2.45) is 0 Å². The van der Waals surface area contributed by atoms with E-state index >= 15 is 0 Å². The smallest absolute Gasteiger partial charge is 0.335 e. The van der Waals surface area contributed by atoms with Crippen molar-refractivity contribution in [1.29, 1.82) is 0 Å². The van der Waals surface area contributed by atoms with Crippen LogP contribution in [0.4, 0.5) is 9.59 Å².